The van der Waals surface area contributed by atoms with Gasteiger partial charge >= 0.3 is 52.9 Å². The fourth-order valence-electron chi connectivity index (χ4n) is 0.143. The second kappa shape index (κ2) is 3.94. The molecule has 0 saturated carbocycles. The number of hydrogen-bond acceptors (Lipinski definition) is 1. The quantitative estimate of drug-likeness (QED) is 0.529. The zero-order chi connectivity index (χ0) is 5.70. The number of hydrogen-bond donors (Lipinski definition) is 2. The van der Waals surface area contributed by atoms with Gasteiger partial charge in [-0.2, -0.15) is 0 Å². The first-order valence-corrected chi connectivity index (χ1v) is 3.42. The Hall–Kier alpha value is -0.232. The molecule has 0 amide bonds. The van der Waals surface area contributed by atoms with Crippen molar-refractivity contribution in [3.05, 3.63) is 12.2 Å². The van der Waals surface area contributed by atoms with E-state index in [4.69, 9.17) is 11.1 Å². The van der Waals surface area contributed by atoms with Crippen LogP contribution in [0.5, 0.6) is 0 Å². The summed E-state index contributed by atoms with van der Waals surface area (Å²) < 4.78 is 1.90. The average Bonchev–Trinajstić information content (AvgIpc) is 1.61. The normalized spacial score (nSPS) is 9.14. The first kappa shape index (κ1) is 6.77. The van der Waals surface area contributed by atoms with E-state index in [0.717, 1.165) is 0 Å². The molecule has 0 rings (SSSR count). The molecule has 0 aromatic heterocycles. The number of amidine groups is 1. The molecule has 0 bridgehead atoms. The number of nitrogens with two attached hydrogens (primary N) is 1. The van der Waals surface area contributed by atoms with E-state index >= 15 is 0 Å². The van der Waals surface area contributed by atoms with E-state index in [1.807, 2.05) is 4.40 Å². The SMILES string of the molecule is N=C(N)C=C[CH]=[W]. The molecule has 0 aliphatic rings. The second-order valence-corrected chi connectivity index (χ2v) is 1.93. The van der Waals surface area contributed by atoms with Gasteiger partial charge in [-0.25, -0.2) is 0 Å². The Morgan fingerprint density at radius 3 is 2.43 bits per heavy atom. The van der Waals surface area contributed by atoms with Gasteiger partial charge in [-0.1, -0.05) is 0 Å². The van der Waals surface area contributed by atoms with E-state index in [9.17, 15) is 0 Å². The van der Waals surface area contributed by atoms with Crippen molar-refractivity contribution in [1.82, 2.24) is 0 Å². The topological polar surface area (TPSA) is 49.9 Å². The number of allylic oxidation sites excluding steroid dienone is 1. The van der Waals surface area contributed by atoms with Gasteiger partial charge in [0.1, 0.15) is 0 Å². The first-order chi connectivity index (χ1) is 3.27. The molecule has 7 heavy (non-hydrogen) atoms. The Labute approximate surface area is 53.3 Å². The van der Waals surface area contributed by atoms with Crippen LogP contribution in [0.1, 0.15) is 0 Å². The van der Waals surface area contributed by atoms with Crippen molar-refractivity contribution in [1.29, 1.82) is 5.41 Å². The van der Waals surface area contributed by atoms with Gasteiger partial charge in [-0.05, 0) is 0 Å². The third-order valence-electron chi connectivity index (χ3n) is 0.354. The van der Waals surface area contributed by atoms with Crippen molar-refractivity contribution < 1.29 is 19.4 Å². The summed E-state index contributed by atoms with van der Waals surface area (Å²) in [7, 11) is 0. The average molecular weight is 266 g/mol. The van der Waals surface area contributed by atoms with Crippen molar-refractivity contribution in [2.75, 3.05) is 0 Å². The van der Waals surface area contributed by atoms with Gasteiger partial charge in [0.2, 0.25) is 0 Å². The van der Waals surface area contributed by atoms with Crippen LogP contribution in [0.3, 0.4) is 0 Å². The molecule has 0 saturated heterocycles. The zero-order valence-electron chi connectivity index (χ0n) is 3.72. The summed E-state index contributed by atoms with van der Waals surface area (Å²) in [6.45, 7) is 0. The predicted octanol–water partition coefficient (Wildman–Crippen LogP) is -0.172. The predicted molar refractivity (Wildman–Crippen MR) is 27.1 cm³/mol. The van der Waals surface area contributed by atoms with Crippen LogP contribution in [0.25, 0.3) is 0 Å². The molecule has 0 unspecified atom stereocenters. The van der Waals surface area contributed by atoms with Crippen LogP contribution >= 0.6 is 0 Å². The maximum atomic E-state index is 6.68. The molecule has 0 aliphatic carbocycles. The van der Waals surface area contributed by atoms with E-state index in [2.05, 4.69) is 0 Å². The summed E-state index contributed by atoms with van der Waals surface area (Å²) in [6.07, 6.45) is 3.31. The third kappa shape index (κ3) is 5.77. The van der Waals surface area contributed by atoms with Crippen LogP contribution in [-0.2, 0) is 19.4 Å². The number of nitrogens with one attached hydrogen (secondary N) is 1. The summed E-state index contributed by atoms with van der Waals surface area (Å²) in [5.41, 5.74) is 4.96. The molecule has 3 heteroatoms. The van der Waals surface area contributed by atoms with Gasteiger partial charge in [-0.15, -0.1) is 0 Å². The van der Waals surface area contributed by atoms with E-state index < -0.39 is 0 Å². The Kier molecular flexibility index (Phi) is 3.81. The molecule has 0 heterocycles. The van der Waals surface area contributed by atoms with Crippen molar-refractivity contribution in [2.45, 2.75) is 0 Å². The maximum absolute atomic E-state index is 6.68. The van der Waals surface area contributed by atoms with Crippen LogP contribution in [-0.4, -0.2) is 10.2 Å². The zero-order valence-corrected chi connectivity index (χ0v) is 6.65. The fraction of sp³-hybridized carbons (Fsp3) is 0. The summed E-state index contributed by atoms with van der Waals surface area (Å²) in [6, 6.07) is 0. The standard InChI is InChI=1S/C4H6N2.W/c1-2-3-4(5)6;/h1-3H,(H3,5,6);. The fourth-order valence-corrected chi connectivity index (χ4v) is 0.425. The third-order valence-corrected chi connectivity index (χ3v) is 0.919. The van der Waals surface area contributed by atoms with Crippen LogP contribution in [0.2, 0.25) is 0 Å². The van der Waals surface area contributed by atoms with Crippen molar-refractivity contribution in [2.24, 2.45) is 5.73 Å². The molecule has 0 spiro atoms. The van der Waals surface area contributed by atoms with E-state index in [0.29, 0.717) is 0 Å². The minimum absolute atomic E-state index is 0.109. The first-order valence-electron chi connectivity index (χ1n) is 1.73. The summed E-state index contributed by atoms with van der Waals surface area (Å²) in [4.78, 5) is 0. The van der Waals surface area contributed by atoms with Gasteiger partial charge < -0.3 is 0 Å². The molecule has 0 radical (unpaired) electrons. The van der Waals surface area contributed by atoms with Gasteiger partial charge in [0, 0.05) is 0 Å². The Morgan fingerprint density at radius 2 is 2.29 bits per heavy atom. The summed E-state index contributed by atoms with van der Waals surface area (Å²) in [5.74, 6) is 0.109. The second-order valence-electron chi connectivity index (χ2n) is 0.951. The Morgan fingerprint density at radius 1 is 1.71 bits per heavy atom. The van der Waals surface area contributed by atoms with Crippen LogP contribution in [0.4, 0.5) is 0 Å². The molecule has 38 valence electrons. The van der Waals surface area contributed by atoms with Crippen LogP contribution in [0, 0.1) is 5.41 Å². The molecule has 0 atom stereocenters. The Bertz CT molecular complexity index is 106. The molecule has 0 aromatic carbocycles. The van der Waals surface area contributed by atoms with Crippen molar-refractivity contribution in [3.63, 3.8) is 0 Å². The molecule has 0 fully saturated rings. The van der Waals surface area contributed by atoms with Gasteiger partial charge in [-0.3, -0.25) is 0 Å². The Balaban J connectivity index is 3.46. The summed E-state index contributed by atoms with van der Waals surface area (Å²) in [5, 5.41) is 6.68. The van der Waals surface area contributed by atoms with E-state index in [-0.39, 0.29) is 5.84 Å². The van der Waals surface area contributed by atoms with Gasteiger partial charge in [0.25, 0.3) is 0 Å². The molecule has 0 aromatic rings. The molecule has 3 N–H and O–H groups in total. The molecule has 0 aliphatic heterocycles. The van der Waals surface area contributed by atoms with E-state index in [1.54, 1.807) is 12.2 Å². The van der Waals surface area contributed by atoms with Gasteiger partial charge in [0.15, 0.2) is 0 Å². The van der Waals surface area contributed by atoms with Gasteiger partial charge in [0.05, 0.1) is 0 Å². The van der Waals surface area contributed by atoms with Crippen LogP contribution < -0.4 is 5.73 Å². The number of rotatable bonds is 2. The summed E-state index contributed by atoms with van der Waals surface area (Å²) >= 11 is 1.37. The minimum atomic E-state index is 0.109. The molecule has 2 nitrogen and oxygen atoms in total. The molecular formula is C4H6N2W. The molecular weight excluding hydrogens is 260 g/mol. The van der Waals surface area contributed by atoms with E-state index in [1.165, 1.54) is 19.4 Å². The van der Waals surface area contributed by atoms with Crippen molar-refractivity contribution in [3.8, 4) is 0 Å². The monoisotopic (exact) mass is 266 g/mol. The van der Waals surface area contributed by atoms with Crippen LogP contribution in [0.15, 0.2) is 12.2 Å². The van der Waals surface area contributed by atoms with Crippen molar-refractivity contribution >= 4 is 10.2 Å².